The van der Waals surface area contributed by atoms with E-state index in [-0.39, 0.29) is 5.95 Å². The molecule has 0 atom stereocenters. The molecule has 0 fully saturated rings. The van der Waals surface area contributed by atoms with Gasteiger partial charge in [0.1, 0.15) is 5.52 Å². The van der Waals surface area contributed by atoms with Crippen molar-refractivity contribution >= 4 is 22.8 Å². The van der Waals surface area contributed by atoms with Crippen LogP contribution in [0, 0.1) is 0 Å². The summed E-state index contributed by atoms with van der Waals surface area (Å²) in [6.07, 6.45) is 6.07. The SMILES string of the molecule is Nc1nc(NCCc2ccccn2)c2ncc(-c3cc[nH]n3)cc2n1. The summed E-state index contributed by atoms with van der Waals surface area (Å²) in [6.45, 7) is 0.672. The Morgan fingerprint density at radius 3 is 2.88 bits per heavy atom. The second-order valence-corrected chi connectivity index (χ2v) is 5.48. The minimum atomic E-state index is 0.203. The number of nitrogens with two attached hydrogens (primary N) is 1. The fourth-order valence-corrected chi connectivity index (χ4v) is 2.58. The number of nitrogens with zero attached hydrogens (tertiary/aromatic N) is 5. The lowest BCUT2D eigenvalue weighted by atomic mass is 10.2. The van der Waals surface area contributed by atoms with Crippen LogP contribution in [0.2, 0.25) is 0 Å². The number of aromatic nitrogens is 6. The van der Waals surface area contributed by atoms with Crippen LogP contribution in [0.25, 0.3) is 22.3 Å². The first-order valence-electron chi connectivity index (χ1n) is 7.87. The summed E-state index contributed by atoms with van der Waals surface area (Å²) >= 11 is 0. The van der Waals surface area contributed by atoms with Crippen molar-refractivity contribution < 1.29 is 0 Å². The van der Waals surface area contributed by atoms with Gasteiger partial charge in [-0.3, -0.25) is 10.1 Å². The predicted molar refractivity (Wildman–Crippen MR) is 95.8 cm³/mol. The molecule has 0 unspecified atom stereocenters. The monoisotopic (exact) mass is 332 g/mol. The number of nitrogen functional groups attached to an aromatic ring is 1. The molecule has 4 N–H and O–H groups in total. The average Bonchev–Trinajstić information content (AvgIpc) is 3.16. The third kappa shape index (κ3) is 3.23. The lowest BCUT2D eigenvalue weighted by Gasteiger charge is -2.09. The number of pyridine rings is 2. The molecule has 0 saturated carbocycles. The van der Waals surface area contributed by atoms with Gasteiger partial charge in [0, 0.05) is 42.8 Å². The normalized spacial score (nSPS) is 10.9. The van der Waals surface area contributed by atoms with Crippen molar-refractivity contribution in [1.29, 1.82) is 0 Å². The fraction of sp³-hybridized carbons (Fsp3) is 0.118. The highest BCUT2D eigenvalue weighted by atomic mass is 15.1. The van der Waals surface area contributed by atoms with E-state index >= 15 is 0 Å². The van der Waals surface area contributed by atoms with Gasteiger partial charge in [-0.1, -0.05) is 6.07 Å². The molecule has 0 aliphatic heterocycles. The number of aromatic amines is 1. The largest absolute Gasteiger partial charge is 0.368 e. The molecule has 0 aliphatic rings. The third-order valence-corrected chi connectivity index (χ3v) is 3.75. The molecule has 0 bridgehead atoms. The van der Waals surface area contributed by atoms with Gasteiger partial charge < -0.3 is 11.1 Å². The number of fused-ring (bicyclic) bond motifs is 1. The number of H-pyrrole nitrogens is 1. The Hall–Kier alpha value is -3.55. The van der Waals surface area contributed by atoms with E-state index in [1.54, 1.807) is 18.6 Å². The molecule has 8 heteroatoms. The molecule has 0 amide bonds. The van der Waals surface area contributed by atoms with Crippen LogP contribution in [0.3, 0.4) is 0 Å². The van der Waals surface area contributed by atoms with Gasteiger partial charge in [-0.2, -0.15) is 10.1 Å². The van der Waals surface area contributed by atoms with Crippen LogP contribution in [0.1, 0.15) is 5.69 Å². The van der Waals surface area contributed by atoms with Gasteiger partial charge in [-0.05, 0) is 24.3 Å². The second-order valence-electron chi connectivity index (χ2n) is 5.48. The van der Waals surface area contributed by atoms with Gasteiger partial charge in [0.2, 0.25) is 5.95 Å². The minimum Gasteiger partial charge on any atom is -0.368 e. The van der Waals surface area contributed by atoms with E-state index in [9.17, 15) is 0 Å². The summed E-state index contributed by atoms with van der Waals surface area (Å²) in [5.74, 6) is 0.820. The first-order valence-corrected chi connectivity index (χ1v) is 7.87. The minimum absolute atomic E-state index is 0.203. The van der Waals surface area contributed by atoms with E-state index in [1.807, 2.05) is 30.3 Å². The van der Waals surface area contributed by atoms with Gasteiger partial charge in [-0.15, -0.1) is 0 Å². The highest BCUT2D eigenvalue weighted by Crippen LogP contribution is 2.24. The van der Waals surface area contributed by atoms with E-state index in [2.05, 4.69) is 35.5 Å². The number of nitrogens with one attached hydrogen (secondary N) is 2. The molecule has 8 nitrogen and oxygen atoms in total. The molecule has 4 aromatic rings. The van der Waals surface area contributed by atoms with Crippen molar-refractivity contribution in [3.8, 4) is 11.3 Å². The van der Waals surface area contributed by atoms with Gasteiger partial charge in [-0.25, -0.2) is 9.97 Å². The topological polar surface area (TPSA) is 118 Å². The average molecular weight is 332 g/mol. The van der Waals surface area contributed by atoms with Crippen molar-refractivity contribution in [3.63, 3.8) is 0 Å². The molecule has 4 rings (SSSR count). The smallest absolute Gasteiger partial charge is 0.222 e. The summed E-state index contributed by atoms with van der Waals surface area (Å²) in [5.41, 5.74) is 9.88. The molecular formula is C17H16N8. The van der Waals surface area contributed by atoms with E-state index in [0.717, 1.165) is 23.4 Å². The Bertz CT molecular complexity index is 982. The highest BCUT2D eigenvalue weighted by molar-refractivity contribution is 5.88. The van der Waals surface area contributed by atoms with Gasteiger partial charge in [0.25, 0.3) is 0 Å². The van der Waals surface area contributed by atoms with E-state index in [0.29, 0.717) is 23.4 Å². The Labute approximate surface area is 143 Å². The van der Waals surface area contributed by atoms with Crippen molar-refractivity contribution in [2.45, 2.75) is 6.42 Å². The van der Waals surface area contributed by atoms with Crippen molar-refractivity contribution in [2.24, 2.45) is 0 Å². The Balaban J connectivity index is 1.60. The van der Waals surface area contributed by atoms with E-state index in [4.69, 9.17) is 5.73 Å². The quantitative estimate of drug-likeness (QED) is 0.512. The first kappa shape index (κ1) is 15.0. The first-order chi connectivity index (χ1) is 12.3. The molecule has 124 valence electrons. The van der Waals surface area contributed by atoms with Crippen LogP contribution in [-0.4, -0.2) is 36.7 Å². The molecule has 4 aromatic heterocycles. The molecular weight excluding hydrogens is 316 g/mol. The molecule has 25 heavy (non-hydrogen) atoms. The lowest BCUT2D eigenvalue weighted by molar-refractivity contribution is 0.954. The van der Waals surface area contributed by atoms with Crippen LogP contribution in [0.5, 0.6) is 0 Å². The zero-order valence-corrected chi connectivity index (χ0v) is 13.3. The zero-order chi connectivity index (χ0) is 17.1. The number of anilines is 2. The van der Waals surface area contributed by atoms with Gasteiger partial charge >= 0.3 is 0 Å². The maximum Gasteiger partial charge on any atom is 0.222 e. The summed E-state index contributed by atoms with van der Waals surface area (Å²) in [7, 11) is 0. The zero-order valence-electron chi connectivity index (χ0n) is 13.3. The summed E-state index contributed by atoms with van der Waals surface area (Å²) < 4.78 is 0. The maximum absolute atomic E-state index is 5.85. The Morgan fingerprint density at radius 2 is 2.08 bits per heavy atom. The van der Waals surface area contributed by atoms with Crippen LogP contribution in [-0.2, 0) is 6.42 Å². The standard InChI is InChI=1S/C17H16N8/c18-17-23-14-9-11(13-5-8-22-25-13)10-21-15(14)16(24-17)20-7-4-12-3-1-2-6-19-12/h1-3,5-6,8-10H,4,7H2,(H,22,25)(H3,18,20,23,24). The van der Waals surface area contributed by atoms with Crippen LogP contribution in [0.15, 0.2) is 48.9 Å². The van der Waals surface area contributed by atoms with Crippen molar-refractivity contribution in [1.82, 2.24) is 30.1 Å². The number of hydrogen-bond acceptors (Lipinski definition) is 7. The van der Waals surface area contributed by atoms with E-state index < -0.39 is 0 Å². The number of hydrogen-bond donors (Lipinski definition) is 3. The highest BCUT2D eigenvalue weighted by Gasteiger charge is 2.10. The fourth-order valence-electron chi connectivity index (χ4n) is 2.58. The maximum atomic E-state index is 5.85. The summed E-state index contributed by atoms with van der Waals surface area (Å²) in [6, 6.07) is 9.64. The van der Waals surface area contributed by atoms with E-state index in [1.165, 1.54) is 0 Å². The van der Waals surface area contributed by atoms with Crippen molar-refractivity contribution in [2.75, 3.05) is 17.6 Å². The Kier molecular flexibility index (Phi) is 3.91. The molecule has 4 heterocycles. The van der Waals surface area contributed by atoms with Gasteiger partial charge in [0.05, 0.1) is 11.2 Å². The lowest BCUT2D eigenvalue weighted by Crippen LogP contribution is -2.10. The second kappa shape index (κ2) is 6.52. The van der Waals surface area contributed by atoms with Crippen LogP contribution in [0.4, 0.5) is 11.8 Å². The summed E-state index contributed by atoms with van der Waals surface area (Å²) in [5, 5.41) is 10.2. The van der Waals surface area contributed by atoms with Gasteiger partial charge in [0.15, 0.2) is 5.82 Å². The predicted octanol–water partition coefficient (Wildman–Crippen LogP) is 2.05. The Morgan fingerprint density at radius 1 is 1.12 bits per heavy atom. The molecule has 0 radical (unpaired) electrons. The van der Waals surface area contributed by atoms with Crippen LogP contribution >= 0.6 is 0 Å². The molecule has 0 saturated heterocycles. The summed E-state index contributed by atoms with van der Waals surface area (Å²) in [4.78, 5) is 17.4. The molecule has 0 aliphatic carbocycles. The third-order valence-electron chi connectivity index (χ3n) is 3.75. The number of rotatable bonds is 5. The van der Waals surface area contributed by atoms with Crippen LogP contribution < -0.4 is 11.1 Å². The molecule has 0 spiro atoms. The molecule has 0 aromatic carbocycles. The van der Waals surface area contributed by atoms with Crippen molar-refractivity contribution in [3.05, 3.63) is 54.6 Å².